The number of aromatic nitrogens is 2. The van der Waals surface area contributed by atoms with Crippen LogP contribution in [0.3, 0.4) is 0 Å². The summed E-state index contributed by atoms with van der Waals surface area (Å²) in [6.45, 7) is 2.09. The highest BCUT2D eigenvalue weighted by molar-refractivity contribution is 6.35. The third-order valence-corrected chi connectivity index (χ3v) is 3.81. The van der Waals surface area contributed by atoms with Crippen LogP contribution in [0, 0.1) is 0 Å². The van der Waals surface area contributed by atoms with E-state index in [1.807, 2.05) is 0 Å². The van der Waals surface area contributed by atoms with Crippen LogP contribution in [-0.4, -0.2) is 22.7 Å². The summed E-state index contributed by atoms with van der Waals surface area (Å²) in [6.07, 6.45) is 1.31. The minimum atomic E-state index is -0.774. The molecule has 1 aromatic carbocycles. The van der Waals surface area contributed by atoms with Crippen molar-refractivity contribution in [3.8, 4) is 11.4 Å². The number of hydrogen-bond donors (Lipinski definition) is 0. The molecule has 1 aliphatic rings. The first kappa shape index (κ1) is 14.4. The summed E-state index contributed by atoms with van der Waals surface area (Å²) >= 11 is 11.9. The van der Waals surface area contributed by atoms with E-state index in [1.165, 1.54) is 0 Å². The zero-order chi connectivity index (χ0) is 15.0. The average molecular weight is 327 g/mol. The second-order valence-corrected chi connectivity index (χ2v) is 5.76. The Hall–Kier alpha value is -1.59. The number of carbonyl (C=O) groups is 1. The van der Waals surface area contributed by atoms with Gasteiger partial charge in [-0.3, -0.25) is 4.79 Å². The fraction of sp³-hybridized carbons (Fsp3) is 0.357. The molecule has 0 unspecified atom stereocenters. The van der Waals surface area contributed by atoms with E-state index in [1.54, 1.807) is 25.1 Å². The van der Waals surface area contributed by atoms with Gasteiger partial charge < -0.3 is 9.26 Å². The largest absolute Gasteiger partial charge is 0.465 e. The molecule has 0 saturated heterocycles. The number of rotatable bonds is 4. The molecule has 5 nitrogen and oxygen atoms in total. The van der Waals surface area contributed by atoms with Crippen molar-refractivity contribution in [2.24, 2.45) is 0 Å². The lowest BCUT2D eigenvalue weighted by Crippen LogP contribution is -2.23. The van der Waals surface area contributed by atoms with Crippen LogP contribution in [0.25, 0.3) is 11.4 Å². The van der Waals surface area contributed by atoms with E-state index in [2.05, 4.69) is 10.1 Å². The number of carbonyl (C=O) groups excluding carboxylic acids is 1. The zero-order valence-electron chi connectivity index (χ0n) is 11.2. The van der Waals surface area contributed by atoms with Crippen LogP contribution in [0.15, 0.2) is 22.7 Å². The van der Waals surface area contributed by atoms with Crippen molar-refractivity contribution >= 4 is 29.2 Å². The highest BCUT2D eigenvalue weighted by atomic mass is 35.5. The summed E-state index contributed by atoms with van der Waals surface area (Å²) in [7, 11) is 0. The Morgan fingerprint density at radius 2 is 2.00 bits per heavy atom. The van der Waals surface area contributed by atoms with Crippen LogP contribution >= 0.6 is 23.2 Å². The van der Waals surface area contributed by atoms with Crippen molar-refractivity contribution in [2.45, 2.75) is 25.2 Å². The minimum absolute atomic E-state index is 0.284. The van der Waals surface area contributed by atoms with Gasteiger partial charge in [-0.25, -0.2) is 0 Å². The van der Waals surface area contributed by atoms with Gasteiger partial charge in [-0.2, -0.15) is 4.98 Å². The number of nitrogens with zero attached hydrogens (tertiary/aromatic N) is 2. The lowest BCUT2D eigenvalue weighted by molar-refractivity contribution is -0.146. The topological polar surface area (TPSA) is 65.2 Å². The molecule has 3 rings (SSSR count). The fourth-order valence-electron chi connectivity index (χ4n) is 2.12. The Morgan fingerprint density at radius 1 is 1.33 bits per heavy atom. The van der Waals surface area contributed by atoms with Gasteiger partial charge in [0.1, 0.15) is 5.41 Å². The second kappa shape index (κ2) is 5.31. The second-order valence-electron chi connectivity index (χ2n) is 4.88. The highest BCUT2D eigenvalue weighted by Crippen LogP contribution is 2.48. The average Bonchev–Trinajstić information content (AvgIpc) is 3.09. The van der Waals surface area contributed by atoms with Gasteiger partial charge in [0.2, 0.25) is 11.7 Å². The molecule has 1 fully saturated rings. The smallest absolute Gasteiger partial charge is 0.321 e. The third kappa shape index (κ3) is 2.63. The predicted octanol–water partition coefficient (Wildman–Crippen LogP) is 3.64. The van der Waals surface area contributed by atoms with E-state index in [4.69, 9.17) is 32.5 Å². The quantitative estimate of drug-likeness (QED) is 0.802. The van der Waals surface area contributed by atoms with Gasteiger partial charge in [0.15, 0.2) is 0 Å². The summed E-state index contributed by atoms with van der Waals surface area (Å²) in [5.74, 6) is 0.321. The normalized spacial score (nSPS) is 15.8. The Kier molecular flexibility index (Phi) is 3.63. The maximum Gasteiger partial charge on any atom is 0.321 e. The van der Waals surface area contributed by atoms with Gasteiger partial charge in [-0.1, -0.05) is 28.4 Å². The third-order valence-electron chi connectivity index (χ3n) is 3.37. The van der Waals surface area contributed by atoms with Crippen molar-refractivity contribution in [3.05, 3.63) is 34.1 Å². The van der Waals surface area contributed by atoms with E-state index in [9.17, 15) is 4.79 Å². The molecule has 1 aliphatic carbocycles. The monoisotopic (exact) mass is 326 g/mol. The molecule has 21 heavy (non-hydrogen) atoms. The SMILES string of the molecule is CCOC(=O)C1(c2nc(-c3cc(Cl)cc(Cl)c3)no2)CC1. The Morgan fingerprint density at radius 3 is 2.57 bits per heavy atom. The summed E-state index contributed by atoms with van der Waals surface area (Å²) in [5, 5.41) is 4.87. The summed E-state index contributed by atoms with van der Waals surface area (Å²) in [6, 6.07) is 4.99. The lowest BCUT2D eigenvalue weighted by Gasteiger charge is -2.08. The van der Waals surface area contributed by atoms with Crippen molar-refractivity contribution in [3.63, 3.8) is 0 Å². The lowest BCUT2D eigenvalue weighted by atomic mass is 10.1. The van der Waals surface area contributed by atoms with E-state index in [-0.39, 0.29) is 11.9 Å². The van der Waals surface area contributed by atoms with Crippen molar-refractivity contribution < 1.29 is 14.1 Å². The minimum Gasteiger partial charge on any atom is -0.465 e. The molecule has 1 saturated carbocycles. The first-order valence-corrected chi connectivity index (χ1v) is 7.28. The van der Waals surface area contributed by atoms with Crippen LogP contribution in [-0.2, 0) is 14.9 Å². The maximum absolute atomic E-state index is 12.0. The molecule has 1 aromatic heterocycles. The first-order chi connectivity index (χ1) is 10.0. The van der Waals surface area contributed by atoms with Gasteiger partial charge in [0.05, 0.1) is 6.61 Å². The van der Waals surface area contributed by atoms with Crippen LogP contribution < -0.4 is 0 Å². The molecule has 0 radical (unpaired) electrons. The van der Waals surface area contributed by atoms with E-state index in [0.717, 1.165) is 0 Å². The number of ether oxygens (including phenoxy) is 1. The number of esters is 1. The van der Waals surface area contributed by atoms with Gasteiger partial charge >= 0.3 is 5.97 Å². The molecule has 7 heteroatoms. The van der Waals surface area contributed by atoms with Crippen molar-refractivity contribution in [1.29, 1.82) is 0 Å². The van der Waals surface area contributed by atoms with Crippen LogP contribution in [0.2, 0.25) is 10.0 Å². The standard InChI is InChI=1S/C14H12Cl2N2O3/c1-2-20-13(19)14(3-4-14)12-17-11(18-21-12)8-5-9(15)7-10(16)6-8/h5-7H,2-4H2,1H3. The molecule has 1 heterocycles. The molecule has 0 bridgehead atoms. The molecular weight excluding hydrogens is 315 g/mol. The van der Waals surface area contributed by atoms with E-state index >= 15 is 0 Å². The molecule has 0 N–H and O–H groups in total. The maximum atomic E-state index is 12.0. The summed E-state index contributed by atoms with van der Waals surface area (Å²) in [5.41, 5.74) is -0.133. The number of hydrogen-bond acceptors (Lipinski definition) is 5. The van der Waals surface area contributed by atoms with Gasteiger partial charge in [-0.15, -0.1) is 0 Å². The molecular formula is C14H12Cl2N2O3. The molecule has 0 atom stereocenters. The van der Waals surface area contributed by atoms with Crippen molar-refractivity contribution in [2.75, 3.05) is 6.61 Å². The molecule has 0 spiro atoms. The Balaban J connectivity index is 1.92. The first-order valence-electron chi connectivity index (χ1n) is 6.53. The molecule has 2 aromatic rings. The summed E-state index contributed by atoms with van der Waals surface area (Å²) in [4.78, 5) is 16.3. The number of halogens is 2. The highest BCUT2D eigenvalue weighted by Gasteiger charge is 2.57. The van der Waals surface area contributed by atoms with Gasteiger partial charge in [-0.05, 0) is 38.0 Å². The summed E-state index contributed by atoms with van der Waals surface area (Å²) < 4.78 is 10.3. The van der Waals surface area contributed by atoms with Crippen molar-refractivity contribution in [1.82, 2.24) is 10.1 Å². The molecule has 110 valence electrons. The zero-order valence-corrected chi connectivity index (χ0v) is 12.7. The Bertz CT molecular complexity index is 675. The van der Waals surface area contributed by atoms with E-state index < -0.39 is 5.41 Å². The van der Waals surface area contributed by atoms with Gasteiger partial charge in [0.25, 0.3) is 0 Å². The Labute approximate surface area is 131 Å². The molecule has 0 amide bonds. The molecule has 0 aliphatic heterocycles. The van der Waals surface area contributed by atoms with Crippen LogP contribution in [0.4, 0.5) is 0 Å². The van der Waals surface area contributed by atoms with Crippen LogP contribution in [0.5, 0.6) is 0 Å². The van der Waals surface area contributed by atoms with Crippen LogP contribution in [0.1, 0.15) is 25.7 Å². The number of benzene rings is 1. The predicted molar refractivity (Wildman–Crippen MR) is 77.3 cm³/mol. The van der Waals surface area contributed by atoms with Gasteiger partial charge in [0, 0.05) is 15.6 Å². The fourth-order valence-corrected chi connectivity index (χ4v) is 2.64. The van der Waals surface area contributed by atoms with E-state index in [0.29, 0.717) is 40.9 Å².